The van der Waals surface area contributed by atoms with E-state index in [1.165, 1.54) is 16.2 Å². The Morgan fingerprint density at radius 1 is 1.32 bits per heavy atom. The number of rotatable bonds is 3. The molecule has 1 aromatic carbocycles. The highest BCUT2D eigenvalue weighted by molar-refractivity contribution is 9.10. The minimum Gasteiger partial charge on any atom is -0.303 e. The Kier molecular flexibility index (Phi) is 4.13. The normalized spacial score (nSPS) is 16.5. The molecular formula is C16H13BrN2O2S. The van der Waals surface area contributed by atoms with Crippen LogP contribution in [0.25, 0.3) is 6.08 Å². The van der Waals surface area contributed by atoms with Gasteiger partial charge in [0.15, 0.2) is 0 Å². The third-order valence-electron chi connectivity index (χ3n) is 3.26. The predicted molar refractivity (Wildman–Crippen MR) is 90.3 cm³/mol. The van der Waals surface area contributed by atoms with Gasteiger partial charge in [-0.05, 0) is 40.6 Å². The van der Waals surface area contributed by atoms with E-state index in [1.54, 1.807) is 6.08 Å². The van der Waals surface area contributed by atoms with Crippen LogP contribution in [0.5, 0.6) is 0 Å². The highest BCUT2D eigenvalue weighted by Crippen LogP contribution is 2.24. The number of benzene rings is 1. The summed E-state index contributed by atoms with van der Waals surface area (Å²) in [7, 11) is 0. The summed E-state index contributed by atoms with van der Waals surface area (Å²) in [5.41, 5.74) is 2.35. The summed E-state index contributed by atoms with van der Waals surface area (Å²) < 4.78 is 0.956. The first-order valence-electron chi connectivity index (χ1n) is 6.67. The molecule has 1 saturated heterocycles. The molecule has 2 aromatic rings. The highest BCUT2D eigenvalue weighted by Gasteiger charge is 2.33. The van der Waals surface area contributed by atoms with Crippen molar-refractivity contribution in [3.8, 4) is 0 Å². The second-order valence-corrected chi connectivity index (χ2v) is 6.89. The third kappa shape index (κ3) is 3.13. The molecule has 4 nitrogen and oxygen atoms in total. The minimum absolute atomic E-state index is 0.276. The number of thiophene rings is 1. The van der Waals surface area contributed by atoms with Gasteiger partial charge in [0.1, 0.15) is 5.70 Å². The van der Waals surface area contributed by atoms with E-state index < -0.39 is 0 Å². The van der Waals surface area contributed by atoms with Gasteiger partial charge in [-0.15, -0.1) is 11.3 Å². The van der Waals surface area contributed by atoms with Gasteiger partial charge < -0.3 is 5.32 Å². The number of imide groups is 1. The fraction of sp³-hybridized carbons (Fsp3) is 0.125. The first-order chi connectivity index (χ1) is 10.5. The maximum atomic E-state index is 12.4. The predicted octanol–water partition coefficient (Wildman–Crippen LogP) is 3.91. The van der Waals surface area contributed by atoms with E-state index in [2.05, 4.69) is 21.2 Å². The van der Waals surface area contributed by atoms with Crippen molar-refractivity contribution >= 4 is 45.3 Å². The summed E-state index contributed by atoms with van der Waals surface area (Å²) in [6.45, 7) is 2.26. The number of urea groups is 1. The quantitative estimate of drug-likeness (QED) is 0.651. The first kappa shape index (κ1) is 15.0. The Bertz CT molecular complexity index is 782. The maximum absolute atomic E-state index is 12.4. The largest absolute Gasteiger partial charge is 0.329 e. The minimum atomic E-state index is -0.381. The van der Waals surface area contributed by atoms with Crippen molar-refractivity contribution in [1.82, 2.24) is 10.2 Å². The van der Waals surface area contributed by atoms with E-state index in [0.29, 0.717) is 5.70 Å². The lowest BCUT2D eigenvalue weighted by Gasteiger charge is -2.12. The van der Waals surface area contributed by atoms with Crippen molar-refractivity contribution < 1.29 is 9.59 Å². The second-order valence-electron chi connectivity index (χ2n) is 5.04. The smallest absolute Gasteiger partial charge is 0.303 e. The number of nitrogens with one attached hydrogen (secondary N) is 1. The molecule has 0 radical (unpaired) electrons. The summed E-state index contributed by atoms with van der Waals surface area (Å²) in [6.07, 6.45) is 1.70. The zero-order valence-electron chi connectivity index (χ0n) is 11.8. The van der Waals surface area contributed by atoms with Gasteiger partial charge >= 0.3 is 6.03 Å². The molecule has 0 spiro atoms. The van der Waals surface area contributed by atoms with Crippen LogP contribution in [0.1, 0.15) is 16.0 Å². The van der Waals surface area contributed by atoms with E-state index in [9.17, 15) is 9.59 Å². The lowest BCUT2D eigenvalue weighted by Crippen LogP contribution is -2.30. The SMILES string of the molecule is Cc1cccc(CN2C(=O)N/C(=C/c3cc(Br)cs3)C2=O)c1. The zero-order chi connectivity index (χ0) is 15.7. The Morgan fingerprint density at radius 2 is 2.14 bits per heavy atom. The van der Waals surface area contributed by atoms with Crippen molar-refractivity contribution in [1.29, 1.82) is 0 Å². The summed E-state index contributed by atoms with van der Waals surface area (Å²) in [5, 5.41) is 4.56. The van der Waals surface area contributed by atoms with E-state index in [4.69, 9.17) is 0 Å². The van der Waals surface area contributed by atoms with Crippen LogP contribution >= 0.6 is 27.3 Å². The van der Waals surface area contributed by atoms with Gasteiger partial charge in [0.05, 0.1) is 6.54 Å². The van der Waals surface area contributed by atoms with Crippen molar-refractivity contribution in [3.05, 3.63) is 61.9 Å². The van der Waals surface area contributed by atoms with Crippen LogP contribution in [-0.2, 0) is 11.3 Å². The molecule has 6 heteroatoms. The van der Waals surface area contributed by atoms with Gasteiger partial charge in [0, 0.05) is 14.7 Å². The molecule has 1 N–H and O–H groups in total. The first-order valence-corrected chi connectivity index (χ1v) is 8.34. The van der Waals surface area contributed by atoms with Gasteiger partial charge in [-0.3, -0.25) is 9.69 Å². The van der Waals surface area contributed by atoms with Gasteiger partial charge in [-0.25, -0.2) is 4.79 Å². The number of halogens is 1. The maximum Gasteiger partial charge on any atom is 0.329 e. The van der Waals surface area contributed by atoms with Crippen molar-refractivity contribution in [2.24, 2.45) is 0 Å². The molecule has 1 aromatic heterocycles. The summed E-state index contributed by atoms with van der Waals surface area (Å²) in [5.74, 6) is -0.295. The van der Waals surface area contributed by atoms with E-state index in [-0.39, 0.29) is 18.5 Å². The second kappa shape index (κ2) is 6.06. The van der Waals surface area contributed by atoms with E-state index >= 15 is 0 Å². The number of amides is 3. The molecule has 0 saturated carbocycles. The van der Waals surface area contributed by atoms with Crippen LogP contribution in [0.15, 0.2) is 45.9 Å². The zero-order valence-corrected chi connectivity index (χ0v) is 14.2. The molecule has 1 aliphatic heterocycles. The van der Waals surface area contributed by atoms with Gasteiger partial charge in [0.2, 0.25) is 0 Å². The Morgan fingerprint density at radius 3 is 2.82 bits per heavy atom. The van der Waals surface area contributed by atoms with Crippen LogP contribution < -0.4 is 5.32 Å². The van der Waals surface area contributed by atoms with Gasteiger partial charge in [-0.1, -0.05) is 29.8 Å². The number of carbonyl (C=O) groups is 2. The number of hydrogen-bond acceptors (Lipinski definition) is 3. The molecule has 1 aliphatic rings. The molecule has 3 rings (SSSR count). The average Bonchev–Trinajstić information content (AvgIpc) is 2.98. The standard InChI is InChI=1S/C16H13BrN2O2S/c1-10-3-2-4-11(5-10)8-19-15(20)14(18-16(19)21)7-13-6-12(17)9-22-13/h2-7,9H,8H2,1H3,(H,18,21)/b14-7+. The van der Waals surface area contributed by atoms with Crippen LogP contribution in [0, 0.1) is 6.92 Å². The molecule has 2 heterocycles. The Hall–Kier alpha value is -1.92. The number of nitrogens with zero attached hydrogens (tertiary/aromatic N) is 1. The van der Waals surface area contributed by atoms with Crippen molar-refractivity contribution in [3.63, 3.8) is 0 Å². The van der Waals surface area contributed by atoms with Crippen LogP contribution in [-0.4, -0.2) is 16.8 Å². The number of carbonyl (C=O) groups excluding carboxylic acids is 2. The summed E-state index contributed by atoms with van der Waals surface area (Å²) in [4.78, 5) is 26.5. The van der Waals surface area contributed by atoms with Crippen LogP contribution in [0.2, 0.25) is 0 Å². The monoisotopic (exact) mass is 376 g/mol. The number of hydrogen-bond donors (Lipinski definition) is 1. The molecule has 3 amide bonds. The molecular weight excluding hydrogens is 364 g/mol. The summed E-state index contributed by atoms with van der Waals surface area (Å²) in [6, 6.07) is 9.30. The Balaban J connectivity index is 1.81. The average molecular weight is 377 g/mol. The fourth-order valence-corrected chi connectivity index (χ4v) is 3.63. The van der Waals surface area contributed by atoms with E-state index in [1.807, 2.05) is 42.6 Å². The van der Waals surface area contributed by atoms with E-state index in [0.717, 1.165) is 20.5 Å². The molecule has 1 fully saturated rings. The van der Waals surface area contributed by atoms with Crippen molar-refractivity contribution in [2.75, 3.05) is 0 Å². The molecule has 112 valence electrons. The summed E-state index contributed by atoms with van der Waals surface area (Å²) >= 11 is 4.87. The van der Waals surface area contributed by atoms with Gasteiger partial charge in [-0.2, -0.15) is 0 Å². The number of aryl methyl sites for hydroxylation is 1. The topological polar surface area (TPSA) is 49.4 Å². The highest BCUT2D eigenvalue weighted by atomic mass is 79.9. The molecule has 0 unspecified atom stereocenters. The van der Waals surface area contributed by atoms with Crippen LogP contribution in [0.4, 0.5) is 4.79 Å². The molecule has 0 bridgehead atoms. The Labute approximate surface area is 140 Å². The third-order valence-corrected chi connectivity index (χ3v) is 4.90. The molecule has 22 heavy (non-hydrogen) atoms. The van der Waals surface area contributed by atoms with Crippen molar-refractivity contribution in [2.45, 2.75) is 13.5 Å². The lowest BCUT2D eigenvalue weighted by molar-refractivity contribution is -0.123. The van der Waals surface area contributed by atoms with Crippen LogP contribution in [0.3, 0.4) is 0 Å². The molecule has 0 atom stereocenters. The fourth-order valence-electron chi connectivity index (χ4n) is 2.25. The van der Waals surface area contributed by atoms with Gasteiger partial charge in [0.25, 0.3) is 5.91 Å². The lowest BCUT2D eigenvalue weighted by atomic mass is 10.1. The molecule has 0 aliphatic carbocycles.